The molecule has 0 radical (unpaired) electrons. The van der Waals surface area contributed by atoms with Crippen LogP contribution in [0, 0.1) is 6.92 Å². The third kappa shape index (κ3) is 12.4. The van der Waals surface area contributed by atoms with E-state index in [4.69, 9.17) is 38.5 Å². The number of morpholine rings is 1. The molecule has 1 aliphatic heterocycles. The smallest absolute Gasteiger partial charge is 0.329 e. The molecule has 49 heavy (non-hydrogen) atoms. The van der Waals surface area contributed by atoms with Crippen molar-refractivity contribution in [3.63, 3.8) is 0 Å². The van der Waals surface area contributed by atoms with Crippen LogP contribution in [0.5, 0.6) is 5.88 Å². The lowest BCUT2D eigenvalue weighted by atomic mass is 9.86. The number of aromatic nitrogens is 2. The number of aliphatic carboxylic acids is 1. The van der Waals surface area contributed by atoms with Crippen LogP contribution in [0.2, 0.25) is 0 Å². The first kappa shape index (κ1) is 37.7. The van der Waals surface area contributed by atoms with E-state index in [0.717, 1.165) is 28.1 Å². The minimum Gasteiger partial charge on any atom is -0.480 e. The minimum atomic E-state index is -1.01. The number of carboxylic acids is 1. The molecular weight excluding hydrogens is 632 g/mol. The van der Waals surface area contributed by atoms with Crippen molar-refractivity contribution in [1.29, 1.82) is 0 Å². The van der Waals surface area contributed by atoms with Gasteiger partial charge >= 0.3 is 5.97 Å². The van der Waals surface area contributed by atoms with Crippen molar-refractivity contribution in [3.8, 4) is 17.0 Å². The van der Waals surface area contributed by atoms with E-state index in [-0.39, 0.29) is 24.5 Å². The predicted octanol–water partition coefficient (Wildman–Crippen LogP) is 4.37. The number of benzene rings is 1. The third-order valence-electron chi connectivity index (χ3n) is 7.64. The maximum Gasteiger partial charge on any atom is 0.329 e. The molecule has 13 nitrogen and oxygen atoms in total. The van der Waals surface area contributed by atoms with Crippen molar-refractivity contribution >= 4 is 23.3 Å². The molecule has 0 atom stereocenters. The standard InChI is InChI=1S/C36H48N4O9/c1-26-31(22-30(24-37-26)39-34(43)27-6-5-7-29(20-27)36(2,3)4)28-21-32(40-8-10-44-11-9-40)35(38-23-28)49-19-18-47-15-14-45-12-13-46-16-17-48-25-33(41)42/h5-7,20-24H,8-19,25H2,1-4H3,(H,39,43)(H,41,42). The predicted molar refractivity (Wildman–Crippen MR) is 185 cm³/mol. The largest absolute Gasteiger partial charge is 0.480 e. The van der Waals surface area contributed by atoms with Crippen molar-refractivity contribution in [2.45, 2.75) is 33.1 Å². The first-order valence-corrected chi connectivity index (χ1v) is 16.5. The summed E-state index contributed by atoms with van der Waals surface area (Å²) in [5.74, 6) is -0.698. The van der Waals surface area contributed by atoms with Crippen molar-refractivity contribution < 1.29 is 43.1 Å². The van der Waals surface area contributed by atoms with Crippen LogP contribution in [0.1, 0.15) is 42.4 Å². The number of aryl methyl sites for hydroxylation is 1. The van der Waals surface area contributed by atoms with Crippen molar-refractivity contribution in [2.75, 3.05) is 96.0 Å². The summed E-state index contributed by atoms with van der Waals surface area (Å²) in [4.78, 5) is 35.0. The van der Waals surface area contributed by atoms with Crippen LogP contribution < -0.4 is 15.0 Å². The van der Waals surface area contributed by atoms with Gasteiger partial charge in [0, 0.05) is 41.7 Å². The van der Waals surface area contributed by atoms with Crippen LogP contribution in [0.4, 0.5) is 11.4 Å². The minimum absolute atomic E-state index is 0.0698. The van der Waals surface area contributed by atoms with Crippen LogP contribution in [-0.4, -0.2) is 113 Å². The zero-order chi connectivity index (χ0) is 35.1. The second kappa shape index (κ2) is 19.2. The number of nitrogens with one attached hydrogen (secondary N) is 1. The van der Waals surface area contributed by atoms with Gasteiger partial charge in [-0.2, -0.15) is 0 Å². The van der Waals surface area contributed by atoms with Gasteiger partial charge in [0.25, 0.3) is 5.91 Å². The molecule has 0 spiro atoms. The Labute approximate surface area is 287 Å². The zero-order valence-electron chi connectivity index (χ0n) is 28.9. The average Bonchev–Trinajstić information content (AvgIpc) is 3.09. The Hall–Kier alpha value is -4.14. The quantitative estimate of drug-likeness (QED) is 0.173. The molecule has 3 aromatic rings. The van der Waals surface area contributed by atoms with Gasteiger partial charge in [-0.15, -0.1) is 0 Å². The monoisotopic (exact) mass is 680 g/mol. The Balaban J connectivity index is 1.31. The van der Waals surface area contributed by atoms with Crippen LogP contribution >= 0.6 is 0 Å². The molecule has 0 aliphatic carbocycles. The molecule has 1 fully saturated rings. The summed E-state index contributed by atoms with van der Waals surface area (Å²) in [6, 6.07) is 11.7. The van der Waals surface area contributed by atoms with Gasteiger partial charge < -0.3 is 43.7 Å². The van der Waals surface area contributed by atoms with Crippen molar-refractivity contribution in [2.24, 2.45) is 0 Å². The Bertz CT molecular complexity index is 1510. The first-order valence-electron chi connectivity index (χ1n) is 16.5. The lowest BCUT2D eigenvalue weighted by molar-refractivity contribution is -0.142. The fourth-order valence-electron chi connectivity index (χ4n) is 4.97. The van der Waals surface area contributed by atoms with E-state index in [1.54, 1.807) is 12.4 Å². The second-order valence-electron chi connectivity index (χ2n) is 12.4. The maximum atomic E-state index is 13.2. The third-order valence-corrected chi connectivity index (χ3v) is 7.64. The summed E-state index contributed by atoms with van der Waals surface area (Å²) in [5.41, 5.74) is 5.58. The average molecular weight is 681 g/mol. The summed E-state index contributed by atoms with van der Waals surface area (Å²) >= 11 is 0. The summed E-state index contributed by atoms with van der Waals surface area (Å²) in [6.45, 7) is 13.4. The van der Waals surface area contributed by atoms with Gasteiger partial charge in [0.1, 0.15) is 18.9 Å². The van der Waals surface area contributed by atoms with Gasteiger partial charge in [0.05, 0.1) is 71.3 Å². The topological polar surface area (TPSA) is 151 Å². The number of hydrogen-bond acceptors (Lipinski definition) is 11. The van der Waals surface area contributed by atoms with Gasteiger partial charge in [-0.25, -0.2) is 9.78 Å². The summed E-state index contributed by atoms with van der Waals surface area (Å²) in [6.07, 6.45) is 3.43. The molecule has 2 N–H and O–H groups in total. The molecule has 0 saturated carbocycles. The van der Waals surface area contributed by atoms with Gasteiger partial charge in [0.15, 0.2) is 0 Å². The number of amides is 1. The number of carbonyl (C=O) groups excluding carboxylic acids is 1. The van der Waals surface area contributed by atoms with E-state index in [0.29, 0.717) is 89.7 Å². The molecule has 2 aromatic heterocycles. The molecule has 4 rings (SSSR count). The number of carbonyl (C=O) groups is 2. The summed E-state index contributed by atoms with van der Waals surface area (Å²) < 4.78 is 33.0. The summed E-state index contributed by atoms with van der Waals surface area (Å²) in [5, 5.41) is 11.5. The highest BCUT2D eigenvalue weighted by Gasteiger charge is 2.20. The van der Waals surface area contributed by atoms with Crippen molar-refractivity contribution in [3.05, 3.63) is 65.6 Å². The van der Waals surface area contributed by atoms with E-state index in [1.165, 1.54) is 0 Å². The van der Waals surface area contributed by atoms with E-state index in [1.807, 2.05) is 43.3 Å². The Kier molecular flexibility index (Phi) is 14.7. The molecule has 13 heteroatoms. The van der Waals surface area contributed by atoms with E-state index in [2.05, 4.69) is 36.0 Å². The fourth-order valence-corrected chi connectivity index (χ4v) is 4.97. The molecule has 266 valence electrons. The SMILES string of the molecule is Cc1ncc(NC(=O)c2cccc(C(C)(C)C)c2)cc1-c1cnc(OCCOCCOCCOCCOCC(=O)O)c(N2CCOCC2)c1. The van der Waals surface area contributed by atoms with Gasteiger partial charge in [-0.3, -0.25) is 9.78 Å². The first-order chi connectivity index (χ1) is 23.6. The molecule has 1 saturated heterocycles. The summed E-state index contributed by atoms with van der Waals surface area (Å²) in [7, 11) is 0. The van der Waals surface area contributed by atoms with Gasteiger partial charge in [-0.05, 0) is 42.2 Å². The molecular formula is C36H48N4O9. The molecule has 1 amide bonds. The molecule has 1 aliphatic rings. The number of pyridine rings is 2. The fraction of sp³-hybridized carbons (Fsp3) is 0.500. The van der Waals surface area contributed by atoms with Crippen molar-refractivity contribution in [1.82, 2.24) is 9.97 Å². The number of carboxylic acid groups (broad SMARTS) is 1. The lowest BCUT2D eigenvalue weighted by Gasteiger charge is -2.30. The number of rotatable bonds is 19. The van der Waals surface area contributed by atoms with Crippen LogP contribution in [0.25, 0.3) is 11.1 Å². The normalized spacial score (nSPS) is 13.3. The van der Waals surface area contributed by atoms with E-state index < -0.39 is 5.97 Å². The maximum absolute atomic E-state index is 13.2. The Morgan fingerprint density at radius 3 is 2.18 bits per heavy atom. The molecule has 3 heterocycles. The van der Waals surface area contributed by atoms with Crippen LogP contribution in [0.3, 0.4) is 0 Å². The van der Waals surface area contributed by atoms with Gasteiger partial charge in [-0.1, -0.05) is 32.9 Å². The number of ether oxygens (including phenoxy) is 6. The highest BCUT2D eigenvalue weighted by Crippen LogP contribution is 2.34. The Morgan fingerprint density at radius 1 is 0.878 bits per heavy atom. The second-order valence-corrected chi connectivity index (χ2v) is 12.4. The van der Waals surface area contributed by atoms with E-state index >= 15 is 0 Å². The van der Waals surface area contributed by atoms with E-state index in [9.17, 15) is 9.59 Å². The number of hydrogen-bond donors (Lipinski definition) is 2. The van der Waals surface area contributed by atoms with Crippen LogP contribution in [0.15, 0.2) is 48.8 Å². The molecule has 0 bridgehead atoms. The van der Waals surface area contributed by atoms with Gasteiger partial charge in [0.2, 0.25) is 5.88 Å². The molecule has 1 aromatic carbocycles. The Morgan fingerprint density at radius 2 is 1.53 bits per heavy atom. The highest BCUT2D eigenvalue weighted by atomic mass is 16.6. The number of anilines is 2. The van der Waals surface area contributed by atoms with Crippen LogP contribution in [-0.2, 0) is 33.9 Å². The number of nitrogens with zero attached hydrogens (tertiary/aromatic N) is 3. The zero-order valence-corrected chi connectivity index (χ0v) is 28.9. The highest BCUT2D eigenvalue weighted by molar-refractivity contribution is 6.04. The lowest BCUT2D eigenvalue weighted by Crippen LogP contribution is -2.36. The molecule has 0 unspecified atom stereocenters.